The summed E-state index contributed by atoms with van der Waals surface area (Å²) in [5, 5.41) is 5.02. The molecule has 3 heterocycles. The SMILES string of the molecule is CCc1cnc2c(c1NC(=O)Cc1cccs1)c(=O)n(C)c(=O)n2C. The van der Waals surface area contributed by atoms with Gasteiger partial charge < -0.3 is 5.32 Å². The number of carbonyl (C=O) groups excluding carboxylic acids is 1. The van der Waals surface area contributed by atoms with Gasteiger partial charge in [0.1, 0.15) is 5.39 Å². The van der Waals surface area contributed by atoms with Crippen LogP contribution in [0.3, 0.4) is 0 Å². The molecule has 3 aromatic rings. The monoisotopic (exact) mass is 358 g/mol. The van der Waals surface area contributed by atoms with Crippen molar-refractivity contribution in [2.24, 2.45) is 14.1 Å². The number of aromatic nitrogens is 3. The first-order chi connectivity index (χ1) is 11.9. The Morgan fingerprint density at radius 3 is 2.68 bits per heavy atom. The summed E-state index contributed by atoms with van der Waals surface area (Å²) in [4.78, 5) is 42.4. The molecule has 3 aromatic heterocycles. The smallest absolute Gasteiger partial charge is 0.325 e. The van der Waals surface area contributed by atoms with Crippen LogP contribution in [0.1, 0.15) is 17.4 Å². The average molecular weight is 358 g/mol. The minimum atomic E-state index is -0.465. The molecule has 0 unspecified atom stereocenters. The predicted molar refractivity (Wildman–Crippen MR) is 98.3 cm³/mol. The number of hydrogen-bond acceptors (Lipinski definition) is 5. The van der Waals surface area contributed by atoms with Crippen molar-refractivity contribution in [3.05, 3.63) is 55.0 Å². The van der Waals surface area contributed by atoms with Crippen LogP contribution in [0.4, 0.5) is 5.69 Å². The highest BCUT2D eigenvalue weighted by molar-refractivity contribution is 7.10. The lowest BCUT2D eigenvalue weighted by molar-refractivity contribution is -0.115. The molecular weight excluding hydrogens is 340 g/mol. The van der Waals surface area contributed by atoms with E-state index in [1.54, 1.807) is 13.2 Å². The molecule has 0 radical (unpaired) electrons. The van der Waals surface area contributed by atoms with Gasteiger partial charge in [0.05, 0.1) is 12.1 Å². The Morgan fingerprint density at radius 1 is 1.28 bits per heavy atom. The van der Waals surface area contributed by atoms with Crippen molar-refractivity contribution < 1.29 is 4.79 Å². The van der Waals surface area contributed by atoms with Crippen LogP contribution >= 0.6 is 11.3 Å². The zero-order valence-electron chi connectivity index (χ0n) is 14.2. The fourth-order valence-electron chi connectivity index (χ4n) is 2.73. The van der Waals surface area contributed by atoms with Gasteiger partial charge in [0, 0.05) is 25.2 Å². The number of anilines is 1. The minimum absolute atomic E-state index is 0.208. The first-order valence-corrected chi connectivity index (χ1v) is 8.71. The maximum Gasteiger partial charge on any atom is 0.332 e. The molecule has 3 rings (SSSR count). The largest absolute Gasteiger partial charge is 0.332 e. The molecule has 0 aliphatic heterocycles. The van der Waals surface area contributed by atoms with Gasteiger partial charge in [0.2, 0.25) is 5.91 Å². The Balaban J connectivity index is 2.17. The molecule has 130 valence electrons. The minimum Gasteiger partial charge on any atom is -0.325 e. The van der Waals surface area contributed by atoms with Gasteiger partial charge in [0.15, 0.2) is 5.65 Å². The van der Waals surface area contributed by atoms with Crippen LogP contribution in [0, 0.1) is 0 Å². The van der Waals surface area contributed by atoms with Crippen molar-refractivity contribution >= 4 is 34.0 Å². The molecule has 0 bridgehead atoms. The topological polar surface area (TPSA) is 86.0 Å². The summed E-state index contributed by atoms with van der Waals surface area (Å²) in [6, 6.07) is 3.77. The highest BCUT2D eigenvalue weighted by atomic mass is 32.1. The molecule has 0 aliphatic rings. The summed E-state index contributed by atoms with van der Waals surface area (Å²) in [6.07, 6.45) is 2.43. The fourth-order valence-corrected chi connectivity index (χ4v) is 3.44. The standard InChI is InChI=1S/C17H18N4O3S/c1-4-10-9-18-15-13(16(23)21(3)17(24)20(15)2)14(10)19-12(22)8-11-6-5-7-25-11/h5-7,9H,4,8H2,1-3H3,(H,18,19,22). The number of amides is 1. The van der Waals surface area contributed by atoms with Crippen molar-refractivity contribution in [1.29, 1.82) is 0 Å². The molecule has 25 heavy (non-hydrogen) atoms. The molecule has 7 nitrogen and oxygen atoms in total. The van der Waals surface area contributed by atoms with Crippen molar-refractivity contribution in [1.82, 2.24) is 14.1 Å². The van der Waals surface area contributed by atoms with Gasteiger partial charge in [-0.3, -0.25) is 18.7 Å². The Hall–Kier alpha value is -2.74. The lowest BCUT2D eigenvalue weighted by Crippen LogP contribution is -2.38. The molecule has 0 saturated heterocycles. The second-order valence-electron chi connectivity index (χ2n) is 5.72. The first-order valence-electron chi connectivity index (χ1n) is 7.83. The molecule has 1 N–H and O–H groups in total. The number of rotatable bonds is 4. The van der Waals surface area contributed by atoms with Crippen LogP contribution in [0.5, 0.6) is 0 Å². The van der Waals surface area contributed by atoms with Gasteiger partial charge >= 0.3 is 5.69 Å². The highest BCUT2D eigenvalue weighted by Crippen LogP contribution is 2.23. The van der Waals surface area contributed by atoms with E-state index in [-0.39, 0.29) is 23.4 Å². The number of thiophene rings is 1. The summed E-state index contributed by atoms with van der Waals surface area (Å²) in [5.74, 6) is -0.208. The van der Waals surface area contributed by atoms with Crippen molar-refractivity contribution in [2.75, 3.05) is 5.32 Å². The van der Waals surface area contributed by atoms with Crippen LogP contribution in [0.25, 0.3) is 11.0 Å². The predicted octanol–water partition coefficient (Wildman–Crippen LogP) is 1.44. The molecule has 0 aromatic carbocycles. The summed E-state index contributed by atoms with van der Waals surface area (Å²) in [6.45, 7) is 1.92. The Labute approximate surface area is 147 Å². The van der Waals surface area contributed by atoms with Crippen LogP contribution in [-0.4, -0.2) is 20.0 Å². The average Bonchev–Trinajstić information content (AvgIpc) is 3.10. The third-order valence-electron chi connectivity index (χ3n) is 4.11. The van der Waals surface area contributed by atoms with E-state index in [1.165, 1.54) is 23.0 Å². The number of aryl methyl sites for hydroxylation is 2. The second-order valence-corrected chi connectivity index (χ2v) is 6.75. The Kier molecular flexibility index (Phi) is 4.54. The third kappa shape index (κ3) is 3.00. The van der Waals surface area contributed by atoms with Crippen molar-refractivity contribution in [2.45, 2.75) is 19.8 Å². The Morgan fingerprint density at radius 2 is 2.04 bits per heavy atom. The van der Waals surface area contributed by atoms with E-state index in [0.29, 0.717) is 12.1 Å². The molecule has 0 aliphatic carbocycles. The van der Waals surface area contributed by atoms with E-state index in [9.17, 15) is 14.4 Å². The number of nitrogens with zero attached hydrogens (tertiary/aromatic N) is 3. The lowest BCUT2D eigenvalue weighted by atomic mass is 10.1. The maximum atomic E-state index is 12.6. The van der Waals surface area contributed by atoms with Crippen molar-refractivity contribution in [3.8, 4) is 0 Å². The van der Waals surface area contributed by atoms with E-state index in [4.69, 9.17) is 0 Å². The van der Waals surface area contributed by atoms with Gasteiger partial charge in [-0.1, -0.05) is 13.0 Å². The molecule has 0 saturated carbocycles. The van der Waals surface area contributed by atoms with Gasteiger partial charge in [-0.05, 0) is 23.4 Å². The third-order valence-corrected chi connectivity index (χ3v) is 4.98. The molecule has 0 spiro atoms. The number of pyridine rings is 1. The first kappa shape index (κ1) is 17.1. The summed E-state index contributed by atoms with van der Waals surface area (Å²) in [5.41, 5.74) is 0.530. The number of nitrogens with one attached hydrogen (secondary N) is 1. The van der Waals surface area contributed by atoms with Gasteiger partial charge in [0.25, 0.3) is 5.56 Å². The normalized spacial score (nSPS) is 11.0. The molecule has 0 atom stereocenters. The van der Waals surface area contributed by atoms with Crippen LogP contribution < -0.4 is 16.6 Å². The van der Waals surface area contributed by atoms with Crippen LogP contribution in [0.2, 0.25) is 0 Å². The summed E-state index contributed by atoms with van der Waals surface area (Å²) < 4.78 is 2.34. The zero-order valence-corrected chi connectivity index (χ0v) is 15.0. The molecule has 8 heteroatoms. The number of carbonyl (C=O) groups is 1. The molecule has 1 amide bonds. The maximum absolute atomic E-state index is 12.6. The van der Waals surface area contributed by atoms with Gasteiger partial charge in [-0.15, -0.1) is 11.3 Å². The summed E-state index contributed by atoms with van der Waals surface area (Å²) in [7, 11) is 2.97. The van der Waals surface area contributed by atoms with E-state index in [1.807, 2.05) is 24.4 Å². The molecule has 0 fully saturated rings. The van der Waals surface area contributed by atoms with E-state index >= 15 is 0 Å². The fraction of sp³-hybridized carbons (Fsp3) is 0.294. The quantitative estimate of drug-likeness (QED) is 0.765. The zero-order chi connectivity index (χ0) is 18.1. The number of hydrogen-bond donors (Lipinski definition) is 1. The highest BCUT2D eigenvalue weighted by Gasteiger charge is 2.18. The Bertz CT molecular complexity index is 1060. The van der Waals surface area contributed by atoms with Gasteiger partial charge in [-0.2, -0.15) is 0 Å². The van der Waals surface area contributed by atoms with E-state index in [2.05, 4.69) is 10.3 Å². The number of fused-ring (bicyclic) bond motifs is 1. The molecular formula is C17H18N4O3S. The second kappa shape index (κ2) is 6.64. The summed E-state index contributed by atoms with van der Waals surface area (Å²) >= 11 is 1.50. The van der Waals surface area contributed by atoms with Crippen LogP contribution in [-0.2, 0) is 31.7 Å². The van der Waals surface area contributed by atoms with Crippen LogP contribution in [0.15, 0.2) is 33.3 Å². The lowest BCUT2D eigenvalue weighted by Gasteiger charge is -2.14. The van der Waals surface area contributed by atoms with Gasteiger partial charge in [-0.25, -0.2) is 9.78 Å². The van der Waals surface area contributed by atoms with E-state index < -0.39 is 11.2 Å². The van der Waals surface area contributed by atoms with Crippen molar-refractivity contribution in [3.63, 3.8) is 0 Å². The van der Waals surface area contributed by atoms with E-state index in [0.717, 1.165) is 15.0 Å².